The lowest BCUT2D eigenvalue weighted by Crippen LogP contribution is -2.33. The molecule has 0 atom stereocenters. The molecule has 3 heterocycles. The van der Waals surface area contributed by atoms with Gasteiger partial charge in [0.2, 0.25) is 5.82 Å². The molecule has 0 amide bonds. The Morgan fingerprint density at radius 2 is 2.04 bits per heavy atom. The number of aromatic nitrogens is 3. The van der Waals surface area contributed by atoms with Crippen molar-refractivity contribution in [2.45, 2.75) is 19.8 Å². The zero-order valence-electron chi connectivity index (χ0n) is 14.9. The molecule has 0 saturated carbocycles. The number of nitrogens with zero attached hydrogens (tertiary/aromatic N) is 5. The number of rotatable bonds is 4. The minimum Gasteiger partial charge on any atom is -0.366 e. The SMILES string of the molecule is CC1CCN(c2ccc(-c3noc(-c4cccnc4)n3)cc2[N+](=O)[O-])CC1. The minimum absolute atomic E-state index is 0.0646. The number of piperidine rings is 1. The van der Waals surface area contributed by atoms with Crippen molar-refractivity contribution in [2.24, 2.45) is 5.92 Å². The van der Waals surface area contributed by atoms with Crippen LogP contribution in [0.1, 0.15) is 19.8 Å². The van der Waals surface area contributed by atoms with Gasteiger partial charge in [-0.3, -0.25) is 15.1 Å². The van der Waals surface area contributed by atoms with Gasteiger partial charge in [0.1, 0.15) is 5.69 Å². The first-order valence-electron chi connectivity index (χ1n) is 8.89. The van der Waals surface area contributed by atoms with E-state index in [2.05, 4.69) is 26.9 Å². The molecule has 1 aromatic carbocycles. The molecular formula is C19H19N5O3. The van der Waals surface area contributed by atoms with Gasteiger partial charge >= 0.3 is 0 Å². The molecule has 1 aliphatic heterocycles. The van der Waals surface area contributed by atoms with E-state index in [0.29, 0.717) is 34.4 Å². The zero-order chi connectivity index (χ0) is 18.8. The maximum absolute atomic E-state index is 11.6. The number of nitro groups is 1. The monoisotopic (exact) mass is 365 g/mol. The van der Waals surface area contributed by atoms with E-state index >= 15 is 0 Å². The molecule has 0 spiro atoms. The Hall–Kier alpha value is -3.29. The normalized spacial score (nSPS) is 15.1. The summed E-state index contributed by atoms with van der Waals surface area (Å²) in [6, 6.07) is 8.69. The molecule has 0 unspecified atom stereocenters. The third-order valence-corrected chi connectivity index (χ3v) is 4.89. The summed E-state index contributed by atoms with van der Waals surface area (Å²) in [6.45, 7) is 3.87. The van der Waals surface area contributed by atoms with Crippen molar-refractivity contribution in [2.75, 3.05) is 18.0 Å². The van der Waals surface area contributed by atoms with Crippen molar-refractivity contribution in [1.29, 1.82) is 0 Å². The van der Waals surface area contributed by atoms with E-state index < -0.39 is 0 Å². The first-order chi connectivity index (χ1) is 13.1. The number of benzene rings is 1. The summed E-state index contributed by atoms with van der Waals surface area (Å²) in [5.41, 5.74) is 1.96. The molecule has 1 saturated heterocycles. The summed E-state index contributed by atoms with van der Waals surface area (Å²) >= 11 is 0. The quantitative estimate of drug-likeness (QED) is 0.510. The van der Waals surface area contributed by atoms with Crippen LogP contribution in [0.15, 0.2) is 47.2 Å². The van der Waals surface area contributed by atoms with E-state index in [1.54, 1.807) is 30.6 Å². The third-order valence-electron chi connectivity index (χ3n) is 4.89. The molecule has 27 heavy (non-hydrogen) atoms. The van der Waals surface area contributed by atoms with Gasteiger partial charge < -0.3 is 9.42 Å². The maximum atomic E-state index is 11.6. The lowest BCUT2D eigenvalue weighted by molar-refractivity contribution is -0.384. The van der Waals surface area contributed by atoms with Gasteiger partial charge in [0.05, 0.1) is 10.5 Å². The van der Waals surface area contributed by atoms with E-state index in [-0.39, 0.29) is 10.6 Å². The van der Waals surface area contributed by atoms with Crippen molar-refractivity contribution in [3.05, 3.63) is 52.8 Å². The lowest BCUT2D eigenvalue weighted by atomic mass is 9.98. The number of nitro benzene ring substituents is 1. The lowest BCUT2D eigenvalue weighted by Gasteiger charge is -2.31. The van der Waals surface area contributed by atoms with Gasteiger partial charge in [0.15, 0.2) is 0 Å². The van der Waals surface area contributed by atoms with Gasteiger partial charge in [-0.25, -0.2) is 0 Å². The molecule has 8 nitrogen and oxygen atoms in total. The van der Waals surface area contributed by atoms with Crippen LogP contribution in [0.3, 0.4) is 0 Å². The van der Waals surface area contributed by atoms with Gasteiger partial charge in [0, 0.05) is 37.1 Å². The first-order valence-corrected chi connectivity index (χ1v) is 8.89. The van der Waals surface area contributed by atoms with Crippen LogP contribution in [0.2, 0.25) is 0 Å². The Balaban J connectivity index is 1.66. The van der Waals surface area contributed by atoms with Crippen molar-refractivity contribution in [1.82, 2.24) is 15.1 Å². The number of hydrogen-bond acceptors (Lipinski definition) is 7. The van der Waals surface area contributed by atoms with Crippen molar-refractivity contribution < 1.29 is 9.45 Å². The maximum Gasteiger partial charge on any atom is 0.293 e. The fourth-order valence-electron chi connectivity index (χ4n) is 3.27. The van der Waals surface area contributed by atoms with E-state index in [4.69, 9.17) is 4.52 Å². The summed E-state index contributed by atoms with van der Waals surface area (Å²) in [6.07, 6.45) is 5.36. The minimum atomic E-state index is -0.348. The average molecular weight is 365 g/mol. The van der Waals surface area contributed by atoms with E-state index in [1.165, 1.54) is 6.07 Å². The summed E-state index contributed by atoms with van der Waals surface area (Å²) in [7, 11) is 0. The predicted molar refractivity (Wildman–Crippen MR) is 100 cm³/mol. The zero-order valence-corrected chi connectivity index (χ0v) is 14.9. The molecule has 138 valence electrons. The van der Waals surface area contributed by atoms with Crippen LogP contribution in [-0.4, -0.2) is 33.1 Å². The Morgan fingerprint density at radius 1 is 1.22 bits per heavy atom. The molecular weight excluding hydrogens is 346 g/mol. The first kappa shape index (κ1) is 17.1. The standard InChI is InChI=1S/C19H19N5O3/c1-13-6-9-23(10-7-13)16-5-4-14(11-17(16)24(25)26)18-21-19(27-22-18)15-3-2-8-20-12-15/h2-5,8,11-13H,6-7,9-10H2,1H3. The van der Waals surface area contributed by atoms with Crippen LogP contribution in [0, 0.1) is 16.0 Å². The highest BCUT2D eigenvalue weighted by molar-refractivity contribution is 5.72. The molecule has 1 aliphatic rings. The highest BCUT2D eigenvalue weighted by Gasteiger charge is 2.24. The molecule has 2 aromatic heterocycles. The van der Waals surface area contributed by atoms with E-state index in [1.807, 2.05) is 6.07 Å². The second kappa shape index (κ2) is 7.14. The second-order valence-corrected chi connectivity index (χ2v) is 6.80. The molecule has 4 rings (SSSR count). The third kappa shape index (κ3) is 3.51. The molecule has 0 N–H and O–H groups in total. The van der Waals surface area contributed by atoms with Crippen LogP contribution in [0.4, 0.5) is 11.4 Å². The number of anilines is 1. The number of hydrogen-bond donors (Lipinski definition) is 0. The Labute approximate surface area is 156 Å². The van der Waals surface area contributed by atoms with Crippen LogP contribution in [0.25, 0.3) is 22.8 Å². The van der Waals surface area contributed by atoms with Gasteiger partial charge in [-0.1, -0.05) is 12.1 Å². The molecule has 8 heteroatoms. The van der Waals surface area contributed by atoms with Gasteiger partial charge in [-0.05, 0) is 43.0 Å². The molecule has 0 bridgehead atoms. The summed E-state index contributed by atoms with van der Waals surface area (Å²) in [4.78, 5) is 21.8. The van der Waals surface area contributed by atoms with Gasteiger partial charge in [-0.2, -0.15) is 4.98 Å². The van der Waals surface area contributed by atoms with Crippen LogP contribution >= 0.6 is 0 Å². The van der Waals surface area contributed by atoms with Crippen LogP contribution in [-0.2, 0) is 0 Å². The molecule has 0 radical (unpaired) electrons. The topological polar surface area (TPSA) is 98.2 Å². The smallest absolute Gasteiger partial charge is 0.293 e. The van der Waals surface area contributed by atoms with Crippen LogP contribution < -0.4 is 4.90 Å². The Morgan fingerprint density at radius 3 is 2.74 bits per heavy atom. The van der Waals surface area contributed by atoms with Crippen molar-refractivity contribution >= 4 is 11.4 Å². The summed E-state index contributed by atoms with van der Waals surface area (Å²) in [5.74, 6) is 1.30. The number of pyridine rings is 1. The van der Waals surface area contributed by atoms with Crippen LogP contribution in [0.5, 0.6) is 0 Å². The second-order valence-electron chi connectivity index (χ2n) is 6.80. The molecule has 0 aliphatic carbocycles. The highest BCUT2D eigenvalue weighted by atomic mass is 16.6. The average Bonchev–Trinajstić information content (AvgIpc) is 3.19. The van der Waals surface area contributed by atoms with Crippen molar-refractivity contribution in [3.8, 4) is 22.8 Å². The summed E-state index contributed by atoms with van der Waals surface area (Å²) < 4.78 is 5.28. The van der Waals surface area contributed by atoms with Gasteiger partial charge in [0.25, 0.3) is 11.6 Å². The summed E-state index contributed by atoms with van der Waals surface area (Å²) in [5, 5.41) is 15.6. The fourth-order valence-corrected chi connectivity index (χ4v) is 3.27. The van der Waals surface area contributed by atoms with Crippen molar-refractivity contribution in [3.63, 3.8) is 0 Å². The predicted octanol–water partition coefficient (Wildman–Crippen LogP) is 3.94. The van der Waals surface area contributed by atoms with E-state index in [0.717, 1.165) is 25.9 Å². The molecule has 3 aromatic rings. The van der Waals surface area contributed by atoms with Gasteiger partial charge in [-0.15, -0.1) is 0 Å². The fraction of sp³-hybridized carbons (Fsp3) is 0.316. The Bertz CT molecular complexity index is 949. The Kier molecular flexibility index (Phi) is 4.53. The molecule has 1 fully saturated rings. The van der Waals surface area contributed by atoms with E-state index in [9.17, 15) is 10.1 Å². The highest BCUT2D eigenvalue weighted by Crippen LogP contribution is 2.35. The largest absolute Gasteiger partial charge is 0.366 e.